The van der Waals surface area contributed by atoms with Gasteiger partial charge in [0, 0.05) is 48.8 Å². The fourth-order valence-corrected chi connectivity index (χ4v) is 4.71. The van der Waals surface area contributed by atoms with Crippen LogP contribution in [0.4, 0.5) is 5.69 Å². The molecule has 2 aromatic heterocycles. The Hall–Kier alpha value is -3.12. The molecule has 0 N–H and O–H groups in total. The van der Waals surface area contributed by atoms with E-state index in [0.29, 0.717) is 12.5 Å². The molecule has 1 fully saturated rings. The standard InChI is InChI=1S/C24H25N5O/c30-23(29-13-9-19-4-1-2-6-22(19)29)16-28-12-3-5-20(15-28)24-21(14-26-17-27-24)18-7-10-25-11-8-18/h1-2,4,6-8,10-11,14,17,20H,3,5,9,12-13,15-16H2. The van der Waals surface area contributed by atoms with Crippen molar-refractivity contribution >= 4 is 11.6 Å². The first-order valence-corrected chi connectivity index (χ1v) is 10.6. The molecule has 4 heterocycles. The van der Waals surface area contributed by atoms with Gasteiger partial charge in [0.1, 0.15) is 6.33 Å². The van der Waals surface area contributed by atoms with E-state index >= 15 is 0 Å². The van der Waals surface area contributed by atoms with Crippen molar-refractivity contribution in [1.82, 2.24) is 19.9 Å². The molecule has 152 valence electrons. The second kappa shape index (κ2) is 8.32. The number of fused-ring (bicyclic) bond motifs is 1. The number of amides is 1. The number of pyridine rings is 1. The van der Waals surface area contributed by atoms with Crippen LogP contribution >= 0.6 is 0 Å². The molecule has 0 saturated carbocycles. The van der Waals surface area contributed by atoms with Crippen LogP contribution in [0.3, 0.4) is 0 Å². The number of anilines is 1. The molecule has 2 aliphatic heterocycles. The van der Waals surface area contributed by atoms with E-state index in [-0.39, 0.29) is 5.91 Å². The highest BCUT2D eigenvalue weighted by atomic mass is 16.2. The van der Waals surface area contributed by atoms with E-state index in [0.717, 1.165) is 61.4 Å². The number of benzene rings is 1. The van der Waals surface area contributed by atoms with Gasteiger partial charge in [0.05, 0.1) is 12.2 Å². The summed E-state index contributed by atoms with van der Waals surface area (Å²) in [5, 5.41) is 0. The van der Waals surface area contributed by atoms with Gasteiger partial charge in [-0.15, -0.1) is 0 Å². The maximum Gasteiger partial charge on any atom is 0.241 e. The lowest BCUT2D eigenvalue weighted by atomic mass is 9.90. The predicted molar refractivity (Wildman–Crippen MR) is 116 cm³/mol. The number of piperidine rings is 1. The summed E-state index contributed by atoms with van der Waals surface area (Å²) < 4.78 is 0. The van der Waals surface area contributed by atoms with E-state index in [1.54, 1.807) is 18.7 Å². The zero-order valence-corrected chi connectivity index (χ0v) is 16.9. The van der Waals surface area contributed by atoms with Crippen molar-refractivity contribution in [2.45, 2.75) is 25.2 Å². The van der Waals surface area contributed by atoms with Crippen LogP contribution in [0.25, 0.3) is 11.1 Å². The minimum Gasteiger partial charge on any atom is -0.311 e. The first-order valence-electron chi connectivity index (χ1n) is 10.6. The van der Waals surface area contributed by atoms with Crippen molar-refractivity contribution in [3.8, 4) is 11.1 Å². The van der Waals surface area contributed by atoms with Crippen molar-refractivity contribution in [3.05, 3.63) is 72.6 Å². The smallest absolute Gasteiger partial charge is 0.241 e. The lowest BCUT2D eigenvalue weighted by molar-refractivity contribution is -0.119. The number of likely N-dealkylation sites (tertiary alicyclic amines) is 1. The zero-order valence-electron chi connectivity index (χ0n) is 16.9. The normalized spacial score (nSPS) is 18.9. The topological polar surface area (TPSA) is 62.2 Å². The van der Waals surface area contributed by atoms with Gasteiger partial charge >= 0.3 is 0 Å². The maximum atomic E-state index is 13.1. The second-order valence-corrected chi connectivity index (χ2v) is 8.06. The van der Waals surface area contributed by atoms with Crippen LogP contribution in [-0.4, -0.2) is 51.9 Å². The Balaban J connectivity index is 1.31. The summed E-state index contributed by atoms with van der Waals surface area (Å²) in [7, 11) is 0. The molecule has 2 aliphatic rings. The summed E-state index contributed by atoms with van der Waals surface area (Å²) in [5.74, 6) is 0.487. The van der Waals surface area contributed by atoms with Gasteiger partial charge in [-0.2, -0.15) is 0 Å². The van der Waals surface area contributed by atoms with Gasteiger partial charge in [0.15, 0.2) is 0 Å². The third-order valence-corrected chi connectivity index (χ3v) is 6.17. The number of rotatable bonds is 4. The average Bonchev–Trinajstić information content (AvgIpc) is 3.24. The van der Waals surface area contributed by atoms with Gasteiger partial charge in [-0.25, -0.2) is 9.97 Å². The van der Waals surface area contributed by atoms with Gasteiger partial charge in [-0.1, -0.05) is 18.2 Å². The lowest BCUT2D eigenvalue weighted by Crippen LogP contribution is -2.43. The second-order valence-electron chi connectivity index (χ2n) is 8.06. The van der Waals surface area contributed by atoms with E-state index < -0.39 is 0 Å². The van der Waals surface area contributed by atoms with Crippen molar-refractivity contribution in [1.29, 1.82) is 0 Å². The van der Waals surface area contributed by atoms with E-state index in [2.05, 4.69) is 32.0 Å². The quantitative estimate of drug-likeness (QED) is 0.674. The molecule has 30 heavy (non-hydrogen) atoms. The van der Waals surface area contributed by atoms with Crippen LogP contribution < -0.4 is 4.90 Å². The first kappa shape index (κ1) is 18.9. The molecule has 0 radical (unpaired) electrons. The average molecular weight is 399 g/mol. The van der Waals surface area contributed by atoms with Crippen LogP contribution in [0.15, 0.2) is 61.3 Å². The zero-order chi connectivity index (χ0) is 20.3. The summed E-state index contributed by atoms with van der Waals surface area (Å²) in [5.41, 5.74) is 5.56. The minimum absolute atomic E-state index is 0.192. The summed E-state index contributed by atoms with van der Waals surface area (Å²) >= 11 is 0. The minimum atomic E-state index is 0.192. The molecule has 6 nitrogen and oxygen atoms in total. The van der Waals surface area contributed by atoms with Crippen LogP contribution in [-0.2, 0) is 11.2 Å². The molecule has 0 spiro atoms. The summed E-state index contributed by atoms with van der Waals surface area (Å²) in [6.45, 7) is 3.04. The van der Waals surface area contributed by atoms with Crippen molar-refractivity contribution < 1.29 is 4.79 Å². The van der Waals surface area contributed by atoms with Gasteiger partial charge in [-0.05, 0) is 55.1 Å². The number of para-hydroxylation sites is 1. The van der Waals surface area contributed by atoms with E-state index in [1.165, 1.54) is 5.56 Å². The molecule has 3 aromatic rings. The van der Waals surface area contributed by atoms with Gasteiger partial charge in [0.25, 0.3) is 0 Å². The molecule has 6 heteroatoms. The van der Waals surface area contributed by atoms with E-state index in [1.807, 2.05) is 35.4 Å². The Labute approximate surface area is 176 Å². The van der Waals surface area contributed by atoms with E-state index in [9.17, 15) is 4.79 Å². The molecule has 1 amide bonds. The summed E-state index contributed by atoms with van der Waals surface area (Å²) in [6.07, 6.45) is 10.2. The Morgan fingerprint density at radius 3 is 2.83 bits per heavy atom. The maximum absolute atomic E-state index is 13.1. The van der Waals surface area contributed by atoms with Gasteiger partial charge < -0.3 is 4.90 Å². The Morgan fingerprint density at radius 2 is 1.93 bits per heavy atom. The molecule has 1 aromatic carbocycles. The molecule has 1 unspecified atom stereocenters. The number of nitrogens with zero attached hydrogens (tertiary/aromatic N) is 5. The third-order valence-electron chi connectivity index (χ3n) is 6.17. The Morgan fingerprint density at radius 1 is 1.07 bits per heavy atom. The largest absolute Gasteiger partial charge is 0.311 e. The highest BCUT2D eigenvalue weighted by Crippen LogP contribution is 2.33. The number of carbonyl (C=O) groups excluding carboxylic acids is 1. The van der Waals surface area contributed by atoms with Gasteiger partial charge in [-0.3, -0.25) is 14.7 Å². The van der Waals surface area contributed by atoms with Gasteiger partial charge in [0.2, 0.25) is 5.91 Å². The summed E-state index contributed by atoms with van der Waals surface area (Å²) in [6, 6.07) is 12.2. The van der Waals surface area contributed by atoms with Crippen molar-refractivity contribution in [3.63, 3.8) is 0 Å². The predicted octanol–water partition coefficient (Wildman–Crippen LogP) is 3.31. The lowest BCUT2D eigenvalue weighted by Gasteiger charge is -2.33. The monoisotopic (exact) mass is 399 g/mol. The molecule has 1 atom stereocenters. The molecule has 5 rings (SSSR count). The number of aromatic nitrogens is 3. The van der Waals surface area contributed by atoms with Crippen molar-refractivity contribution in [2.24, 2.45) is 0 Å². The highest BCUT2D eigenvalue weighted by Gasteiger charge is 2.29. The summed E-state index contributed by atoms with van der Waals surface area (Å²) in [4.78, 5) is 30.3. The number of hydrogen-bond acceptors (Lipinski definition) is 5. The fourth-order valence-electron chi connectivity index (χ4n) is 4.71. The number of carbonyl (C=O) groups is 1. The van der Waals surface area contributed by atoms with Crippen LogP contribution in [0.1, 0.15) is 30.0 Å². The third kappa shape index (κ3) is 3.71. The molecular formula is C24H25N5O. The van der Waals surface area contributed by atoms with Crippen LogP contribution in [0, 0.1) is 0 Å². The number of hydrogen-bond donors (Lipinski definition) is 0. The molecule has 0 aliphatic carbocycles. The van der Waals surface area contributed by atoms with Crippen molar-refractivity contribution in [2.75, 3.05) is 31.1 Å². The van der Waals surface area contributed by atoms with Crippen LogP contribution in [0.5, 0.6) is 0 Å². The van der Waals surface area contributed by atoms with E-state index in [4.69, 9.17) is 0 Å². The highest BCUT2D eigenvalue weighted by molar-refractivity contribution is 5.96. The first-order chi connectivity index (χ1) is 14.8. The fraction of sp³-hybridized carbons (Fsp3) is 0.333. The molecule has 1 saturated heterocycles. The molecular weight excluding hydrogens is 374 g/mol. The Kier molecular flexibility index (Phi) is 5.24. The SMILES string of the molecule is O=C(CN1CCCC(c2ncncc2-c2ccncc2)C1)N1CCc2ccccc21. The Bertz CT molecular complexity index is 1040. The molecule has 0 bridgehead atoms. The van der Waals surface area contributed by atoms with Crippen LogP contribution in [0.2, 0.25) is 0 Å².